The van der Waals surface area contributed by atoms with Crippen molar-refractivity contribution < 1.29 is 14.7 Å². The second-order valence-electron chi connectivity index (χ2n) is 4.17. The van der Waals surface area contributed by atoms with Gasteiger partial charge in [0.25, 0.3) is 5.91 Å². The highest BCUT2D eigenvalue weighted by Gasteiger charge is 2.21. The van der Waals surface area contributed by atoms with E-state index in [1.165, 1.54) is 18.3 Å². The number of hydrogen-bond donors (Lipinski definition) is 1. The minimum absolute atomic E-state index is 0.0738. The summed E-state index contributed by atoms with van der Waals surface area (Å²) in [5.74, 6) is -0.462. The number of carboxylic acids is 1. The normalized spacial score (nSPS) is 11.9. The molecule has 1 heterocycles. The molecule has 1 N–H and O–H groups in total. The monoisotopic (exact) mass is 282 g/mol. The smallest absolute Gasteiger partial charge is 0.335 e. The van der Waals surface area contributed by atoms with Gasteiger partial charge in [-0.1, -0.05) is 6.92 Å². The molecule has 0 spiro atoms. The van der Waals surface area contributed by atoms with Gasteiger partial charge in [-0.2, -0.15) is 11.8 Å². The molecular formula is C13H18N2O3S. The number of carboxylic acid groups (broad SMARTS) is 1. The number of carbonyl (C=O) groups excluding carboxylic acids is 1. The number of aromatic nitrogens is 1. The lowest BCUT2D eigenvalue weighted by atomic mass is 10.2. The molecule has 1 atom stereocenters. The van der Waals surface area contributed by atoms with E-state index in [0.717, 1.165) is 12.2 Å². The summed E-state index contributed by atoms with van der Waals surface area (Å²) in [5.41, 5.74) is 0.242. The molecule has 0 aliphatic heterocycles. The minimum Gasteiger partial charge on any atom is -0.478 e. The van der Waals surface area contributed by atoms with Crippen LogP contribution in [0.25, 0.3) is 0 Å². The van der Waals surface area contributed by atoms with Crippen LogP contribution in [0.2, 0.25) is 0 Å². The molecule has 0 radical (unpaired) electrons. The van der Waals surface area contributed by atoms with E-state index in [1.807, 2.05) is 13.2 Å². The molecule has 0 aliphatic carbocycles. The molecule has 0 aliphatic rings. The molecule has 0 saturated carbocycles. The summed E-state index contributed by atoms with van der Waals surface area (Å²) in [6.07, 6.45) is 4.19. The lowest BCUT2D eigenvalue weighted by Gasteiger charge is -2.26. The van der Waals surface area contributed by atoms with Crippen LogP contribution in [-0.2, 0) is 0 Å². The lowest BCUT2D eigenvalue weighted by Crippen LogP contribution is -2.38. The topological polar surface area (TPSA) is 70.5 Å². The average molecular weight is 282 g/mol. The van der Waals surface area contributed by atoms with Crippen LogP contribution >= 0.6 is 11.8 Å². The van der Waals surface area contributed by atoms with Crippen molar-refractivity contribution >= 4 is 23.6 Å². The fourth-order valence-electron chi connectivity index (χ4n) is 1.72. The Hall–Kier alpha value is -1.56. The van der Waals surface area contributed by atoms with Gasteiger partial charge in [0, 0.05) is 25.0 Å². The van der Waals surface area contributed by atoms with Crippen LogP contribution in [0.5, 0.6) is 0 Å². The first-order valence-electron chi connectivity index (χ1n) is 5.96. The maximum atomic E-state index is 12.3. The van der Waals surface area contributed by atoms with Crippen LogP contribution in [0.3, 0.4) is 0 Å². The molecule has 0 saturated heterocycles. The Labute approximate surface area is 117 Å². The summed E-state index contributed by atoms with van der Waals surface area (Å²) in [6, 6.07) is 2.81. The highest BCUT2D eigenvalue weighted by atomic mass is 32.2. The molecule has 1 aromatic heterocycles. The van der Waals surface area contributed by atoms with E-state index in [0.29, 0.717) is 0 Å². The number of amides is 1. The van der Waals surface area contributed by atoms with Crippen LogP contribution in [0.4, 0.5) is 0 Å². The van der Waals surface area contributed by atoms with Gasteiger partial charge in [-0.25, -0.2) is 4.79 Å². The van der Waals surface area contributed by atoms with Crippen molar-refractivity contribution in [2.24, 2.45) is 0 Å². The van der Waals surface area contributed by atoms with Gasteiger partial charge in [0.15, 0.2) is 0 Å². The van der Waals surface area contributed by atoms with E-state index in [4.69, 9.17) is 5.11 Å². The Bertz CT molecular complexity index is 465. The zero-order chi connectivity index (χ0) is 14.4. The number of thioether (sulfide) groups is 1. The Morgan fingerprint density at radius 2 is 2.21 bits per heavy atom. The maximum absolute atomic E-state index is 12.3. The van der Waals surface area contributed by atoms with E-state index < -0.39 is 5.97 Å². The molecule has 1 aromatic rings. The lowest BCUT2D eigenvalue weighted by molar-refractivity contribution is 0.0696. The van der Waals surface area contributed by atoms with Crippen LogP contribution in [0, 0.1) is 0 Å². The van der Waals surface area contributed by atoms with Gasteiger partial charge in [0.1, 0.15) is 5.69 Å². The number of hydrogen-bond acceptors (Lipinski definition) is 4. The van der Waals surface area contributed by atoms with Crippen molar-refractivity contribution in [3.63, 3.8) is 0 Å². The molecule has 5 nitrogen and oxygen atoms in total. The standard InChI is InChI=1S/C13H18N2O3S/c1-4-10(8-19-3)15(2)12(16)11-7-9(13(17)18)5-6-14-11/h5-7,10H,4,8H2,1-3H3,(H,17,18). The predicted octanol–water partition coefficient (Wildman–Crippen LogP) is 1.99. The molecule has 0 bridgehead atoms. The predicted molar refractivity (Wildman–Crippen MR) is 75.8 cm³/mol. The maximum Gasteiger partial charge on any atom is 0.335 e. The summed E-state index contributed by atoms with van der Waals surface area (Å²) in [6.45, 7) is 2.02. The Morgan fingerprint density at radius 3 is 2.74 bits per heavy atom. The quantitative estimate of drug-likeness (QED) is 0.864. The van der Waals surface area contributed by atoms with E-state index in [9.17, 15) is 9.59 Å². The molecule has 1 rings (SSSR count). The van der Waals surface area contributed by atoms with Crippen LogP contribution in [0.15, 0.2) is 18.3 Å². The fraction of sp³-hybridized carbons (Fsp3) is 0.462. The minimum atomic E-state index is -1.06. The second-order valence-corrected chi connectivity index (χ2v) is 5.08. The van der Waals surface area contributed by atoms with Crippen molar-refractivity contribution in [3.8, 4) is 0 Å². The van der Waals surface area contributed by atoms with Crippen LogP contribution in [-0.4, -0.2) is 52.0 Å². The third-order valence-electron chi connectivity index (χ3n) is 2.92. The second kappa shape index (κ2) is 7.13. The number of aromatic carboxylic acids is 1. The van der Waals surface area contributed by atoms with Crippen molar-refractivity contribution in [3.05, 3.63) is 29.6 Å². The molecule has 0 fully saturated rings. The molecule has 19 heavy (non-hydrogen) atoms. The summed E-state index contributed by atoms with van der Waals surface area (Å²) in [4.78, 5) is 28.7. The van der Waals surface area contributed by atoms with Crippen LogP contribution < -0.4 is 0 Å². The molecule has 1 unspecified atom stereocenters. The van der Waals surface area contributed by atoms with Crippen molar-refractivity contribution in [1.29, 1.82) is 0 Å². The Morgan fingerprint density at radius 1 is 1.53 bits per heavy atom. The first-order valence-corrected chi connectivity index (χ1v) is 7.36. The number of nitrogens with zero attached hydrogens (tertiary/aromatic N) is 2. The van der Waals surface area contributed by atoms with Crippen molar-refractivity contribution in [2.45, 2.75) is 19.4 Å². The SMILES string of the molecule is CCC(CSC)N(C)C(=O)c1cc(C(=O)O)ccn1. The molecule has 0 aromatic carbocycles. The van der Waals surface area contributed by atoms with Crippen LogP contribution in [0.1, 0.15) is 34.2 Å². The van der Waals surface area contributed by atoms with Gasteiger partial charge in [0.05, 0.1) is 5.56 Å². The summed E-state index contributed by atoms with van der Waals surface area (Å²) >= 11 is 1.67. The summed E-state index contributed by atoms with van der Waals surface area (Å²) < 4.78 is 0. The largest absolute Gasteiger partial charge is 0.478 e. The highest BCUT2D eigenvalue weighted by molar-refractivity contribution is 7.98. The number of rotatable bonds is 6. The first-order chi connectivity index (χ1) is 9.01. The molecular weight excluding hydrogens is 264 g/mol. The molecule has 1 amide bonds. The highest BCUT2D eigenvalue weighted by Crippen LogP contribution is 2.12. The zero-order valence-corrected chi connectivity index (χ0v) is 12.1. The van der Waals surface area contributed by atoms with Gasteiger partial charge < -0.3 is 10.0 Å². The molecule has 104 valence electrons. The van der Waals surface area contributed by atoms with Gasteiger partial charge in [-0.15, -0.1) is 0 Å². The summed E-state index contributed by atoms with van der Waals surface area (Å²) in [5, 5.41) is 8.91. The van der Waals surface area contributed by atoms with Gasteiger partial charge >= 0.3 is 5.97 Å². The summed E-state index contributed by atoms with van der Waals surface area (Å²) in [7, 11) is 1.72. The fourth-order valence-corrected chi connectivity index (χ4v) is 2.57. The first kappa shape index (κ1) is 15.5. The average Bonchev–Trinajstić information content (AvgIpc) is 2.43. The van der Waals surface area contributed by atoms with E-state index in [1.54, 1.807) is 23.7 Å². The van der Waals surface area contributed by atoms with E-state index >= 15 is 0 Å². The third-order valence-corrected chi connectivity index (χ3v) is 3.64. The Kier molecular flexibility index (Phi) is 5.82. The van der Waals surface area contributed by atoms with Gasteiger partial charge in [-0.3, -0.25) is 9.78 Å². The number of pyridine rings is 1. The van der Waals surface area contributed by atoms with E-state index in [-0.39, 0.29) is 23.2 Å². The van der Waals surface area contributed by atoms with E-state index in [2.05, 4.69) is 4.98 Å². The van der Waals surface area contributed by atoms with Gasteiger partial charge in [-0.05, 0) is 24.8 Å². The zero-order valence-electron chi connectivity index (χ0n) is 11.3. The number of carbonyl (C=O) groups is 2. The Balaban J connectivity index is 2.92. The molecule has 6 heteroatoms. The third kappa shape index (κ3) is 3.96. The van der Waals surface area contributed by atoms with Crippen molar-refractivity contribution in [2.75, 3.05) is 19.1 Å². The van der Waals surface area contributed by atoms with Crippen molar-refractivity contribution in [1.82, 2.24) is 9.88 Å². The van der Waals surface area contributed by atoms with Gasteiger partial charge in [0.2, 0.25) is 0 Å².